The Morgan fingerprint density at radius 3 is 2.96 bits per heavy atom. The molecule has 0 spiro atoms. The van der Waals surface area contributed by atoms with Gasteiger partial charge in [-0.3, -0.25) is 9.48 Å². The summed E-state index contributed by atoms with van der Waals surface area (Å²) in [5.74, 6) is 2.06. The third-order valence-electron chi connectivity index (χ3n) is 4.57. The van der Waals surface area contributed by atoms with Crippen molar-refractivity contribution in [2.45, 2.75) is 32.1 Å². The van der Waals surface area contributed by atoms with Gasteiger partial charge in [-0.05, 0) is 42.2 Å². The van der Waals surface area contributed by atoms with E-state index in [1.807, 2.05) is 17.8 Å². The van der Waals surface area contributed by atoms with Crippen LogP contribution in [0.2, 0.25) is 0 Å². The van der Waals surface area contributed by atoms with Crippen molar-refractivity contribution in [1.82, 2.24) is 29.9 Å². The molecule has 1 aliphatic carbocycles. The van der Waals surface area contributed by atoms with E-state index < -0.39 is 0 Å². The average Bonchev–Trinajstić information content (AvgIpc) is 3.32. The van der Waals surface area contributed by atoms with Crippen LogP contribution >= 0.6 is 11.3 Å². The highest BCUT2D eigenvalue weighted by atomic mass is 32.1. The van der Waals surface area contributed by atoms with Crippen LogP contribution in [0.1, 0.15) is 29.8 Å². The van der Waals surface area contributed by atoms with E-state index in [2.05, 4.69) is 20.9 Å². The Morgan fingerprint density at radius 2 is 2.20 bits per heavy atom. The highest BCUT2D eigenvalue weighted by molar-refractivity contribution is 7.13. The highest BCUT2D eigenvalue weighted by Crippen LogP contribution is 2.37. The van der Waals surface area contributed by atoms with Crippen molar-refractivity contribution < 1.29 is 4.79 Å². The van der Waals surface area contributed by atoms with Crippen LogP contribution in [0.25, 0.3) is 16.5 Å². The summed E-state index contributed by atoms with van der Waals surface area (Å²) < 4.78 is 3.58. The van der Waals surface area contributed by atoms with Gasteiger partial charge in [0.15, 0.2) is 17.5 Å². The lowest BCUT2D eigenvalue weighted by Crippen LogP contribution is -2.20. The Kier molecular flexibility index (Phi) is 4.12. The zero-order valence-corrected chi connectivity index (χ0v) is 15.1. The molecule has 3 aromatic heterocycles. The quantitative estimate of drug-likeness (QED) is 0.774. The maximum atomic E-state index is 11.8. The van der Waals surface area contributed by atoms with Gasteiger partial charge in [-0.15, -0.1) is 16.4 Å². The standard InChI is InChI=1S/C17H20N6OS/c1-18-14(24)9-13-20-17(23(21-13)15-7-8-19-22(15)2)16-12-6-4-3-5-11(12)10-25-16/h7-8,10H,3-6,9H2,1-2H3,(H,18,24). The van der Waals surface area contributed by atoms with Crippen LogP contribution in [0.15, 0.2) is 17.6 Å². The smallest absolute Gasteiger partial charge is 0.227 e. The lowest BCUT2D eigenvalue weighted by atomic mass is 9.94. The predicted octanol–water partition coefficient (Wildman–Crippen LogP) is 1.90. The van der Waals surface area contributed by atoms with Crippen molar-refractivity contribution in [3.05, 3.63) is 34.6 Å². The highest BCUT2D eigenvalue weighted by Gasteiger charge is 2.23. The molecule has 1 amide bonds. The topological polar surface area (TPSA) is 77.6 Å². The molecule has 0 aromatic carbocycles. The van der Waals surface area contributed by atoms with Crippen LogP contribution in [0.4, 0.5) is 0 Å². The van der Waals surface area contributed by atoms with Gasteiger partial charge in [-0.2, -0.15) is 9.78 Å². The first-order valence-electron chi connectivity index (χ1n) is 8.42. The van der Waals surface area contributed by atoms with Gasteiger partial charge in [-0.25, -0.2) is 4.98 Å². The number of hydrogen-bond acceptors (Lipinski definition) is 5. The number of rotatable bonds is 4. The Bertz CT molecular complexity index is 922. The van der Waals surface area contributed by atoms with Crippen LogP contribution in [-0.4, -0.2) is 37.5 Å². The predicted molar refractivity (Wildman–Crippen MR) is 95.9 cm³/mol. The Hall–Kier alpha value is -2.48. The average molecular weight is 356 g/mol. The lowest BCUT2D eigenvalue weighted by Gasteiger charge is -2.13. The maximum absolute atomic E-state index is 11.8. The van der Waals surface area contributed by atoms with Gasteiger partial charge in [0.2, 0.25) is 5.91 Å². The first kappa shape index (κ1) is 16.0. The van der Waals surface area contributed by atoms with Gasteiger partial charge in [0.1, 0.15) is 0 Å². The molecule has 3 aromatic rings. The molecule has 7 nitrogen and oxygen atoms in total. The minimum absolute atomic E-state index is 0.0954. The van der Waals surface area contributed by atoms with Gasteiger partial charge >= 0.3 is 0 Å². The third-order valence-corrected chi connectivity index (χ3v) is 5.63. The minimum Gasteiger partial charge on any atom is -0.359 e. The van der Waals surface area contributed by atoms with Gasteiger partial charge in [0, 0.05) is 20.2 Å². The number of hydrogen-bond donors (Lipinski definition) is 1. The first-order valence-corrected chi connectivity index (χ1v) is 9.30. The van der Waals surface area contributed by atoms with Crippen molar-refractivity contribution in [2.75, 3.05) is 7.05 Å². The number of fused-ring (bicyclic) bond motifs is 1. The molecule has 0 bridgehead atoms. The summed E-state index contributed by atoms with van der Waals surface area (Å²) in [6.45, 7) is 0. The van der Waals surface area contributed by atoms with E-state index >= 15 is 0 Å². The van der Waals surface area contributed by atoms with Crippen molar-refractivity contribution >= 4 is 17.2 Å². The fourth-order valence-corrected chi connectivity index (χ4v) is 4.38. The molecule has 0 saturated carbocycles. The number of carbonyl (C=O) groups is 1. The monoisotopic (exact) mass is 356 g/mol. The van der Waals surface area contributed by atoms with E-state index in [9.17, 15) is 4.79 Å². The number of amides is 1. The second-order valence-electron chi connectivity index (χ2n) is 6.20. The molecular weight excluding hydrogens is 336 g/mol. The summed E-state index contributed by atoms with van der Waals surface area (Å²) in [6, 6.07) is 1.90. The van der Waals surface area contributed by atoms with Crippen LogP contribution in [-0.2, 0) is 31.1 Å². The Morgan fingerprint density at radius 1 is 1.36 bits per heavy atom. The molecule has 8 heteroatoms. The fraction of sp³-hybridized carbons (Fsp3) is 0.412. The van der Waals surface area contributed by atoms with Crippen molar-refractivity contribution in [2.24, 2.45) is 7.05 Å². The molecule has 1 N–H and O–H groups in total. The molecule has 0 atom stereocenters. The zero-order chi connectivity index (χ0) is 17.4. The van der Waals surface area contributed by atoms with Crippen LogP contribution < -0.4 is 5.32 Å². The second kappa shape index (κ2) is 6.44. The van der Waals surface area contributed by atoms with Crippen molar-refractivity contribution in [3.8, 4) is 16.5 Å². The molecule has 0 saturated heterocycles. The van der Waals surface area contributed by atoms with Gasteiger partial charge < -0.3 is 5.32 Å². The van der Waals surface area contributed by atoms with Crippen molar-refractivity contribution in [3.63, 3.8) is 0 Å². The van der Waals surface area contributed by atoms with E-state index in [1.165, 1.54) is 24.0 Å². The number of aromatic nitrogens is 5. The van der Waals surface area contributed by atoms with Gasteiger partial charge in [0.25, 0.3) is 0 Å². The first-order chi connectivity index (χ1) is 12.2. The Labute approximate surface area is 149 Å². The number of likely N-dealkylation sites (N-methyl/N-ethyl adjacent to an activating group) is 1. The van der Waals surface area contributed by atoms with Gasteiger partial charge in [0.05, 0.1) is 17.5 Å². The van der Waals surface area contributed by atoms with E-state index in [0.717, 1.165) is 29.4 Å². The Balaban J connectivity index is 1.84. The summed E-state index contributed by atoms with van der Waals surface area (Å²) in [4.78, 5) is 17.6. The summed E-state index contributed by atoms with van der Waals surface area (Å²) in [6.07, 6.45) is 6.58. The van der Waals surface area contributed by atoms with E-state index in [1.54, 1.807) is 29.3 Å². The zero-order valence-electron chi connectivity index (χ0n) is 14.3. The number of aryl methyl sites for hydroxylation is 2. The summed E-state index contributed by atoms with van der Waals surface area (Å²) in [5.41, 5.74) is 2.82. The second-order valence-corrected chi connectivity index (χ2v) is 7.08. The number of carbonyl (C=O) groups excluding carboxylic acids is 1. The van der Waals surface area contributed by atoms with E-state index in [-0.39, 0.29) is 12.3 Å². The maximum Gasteiger partial charge on any atom is 0.227 e. The molecule has 0 aliphatic heterocycles. The van der Waals surface area contributed by atoms with E-state index in [0.29, 0.717) is 5.82 Å². The largest absolute Gasteiger partial charge is 0.359 e. The summed E-state index contributed by atoms with van der Waals surface area (Å²) in [7, 11) is 3.50. The normalized spacial score (nSPS) is 13.7. The third kappa shape index (κ3) is 2.86. The molecule has 0 radical (unpaired) electrons. The number of nitrogens with one attached hydrogen (secondary N) is 1. The number of thiophene rings is 1. The van der Waals surface area contributed by atoms with Crippen LogP contribution in [0.3, 0.4) is 0 Å². The van der Waals surface area contributed by atoms with E-state index in [4.69, 9.17) is 4.98 Å². The number of nitrogens with zero attached hydrogens (tertiary/aromatic N) is 5. The molecular formula is C17H20N6OS. The van der Waals surface area contributed by atoms with Crippen molar-refractivity contribution in [1.29, 1.82) is 0 Å². The summed E-state index contributed by atoms with van der Waals surface area (Å²) >= 11 is 1.72. The SMILES string of the molecule is CNC(=O)Cc1nc(-c2scc3c2CCCC3)n(-c2ccnn2C)n1. The molecule has 130 valence electrons. The summed E-state index contributed by atoms with van der Waals surface area (Å²) in [5, 5.41) is 13.7. The molecule has 25 heavy (non-hydrogen) atoms. The molecule has 0 unspecified atom stereocenters. The minimum atomic E-state index is -0.0954. The molecule has 3 heterocycles. The lowest BCUT2D eigenvalue weighted by molar-refractivity contribution is -0.120. The molecule has 4 rings (SSSR count). The van der Waals surface area contributed by atoms with Crippen LogP contribution in [0, 0.1) is 0 Å². The molecule has 1 aliphatic rings. The van der Waals surface area contributed by atoms with Crippen LogP contribution in [0.5, 0.6) is 0 Å². The molecule has 0 fully saturated rings. The fourth-order valence-electron chi connectivity index (χ4n) is 3.25. The van der Waals surface area contributed by atoms with Gasteiger partial charge in [-0.1, -0.05) is 0 Å².